The van der Waals surface area contributed by atoms with Gasteiger partial charge in [-0.05, 0) is 42.3 Å². The van der Waals surface area contributed by atoms with Gasteiger partial charge in [0.2, 0.25) is 0 Å². The summed E-state index contributed by atoms with van der Waals surface area (Å²) < 4.78 is 25.2. The van der Waals surface area contributed by atoms with Crippen LogP contribution in [0, 0.1) is 5.82 Å². The smallest absolute Gasteiger partial charge is 0.191 e. The maximum Gasteiger partial charge on any atom is 0.191 e. The van der Waals surface area contributed by atoms with E-state index in [1.807, 2.05) is 18.2 Å². The van der Waals surface area contributed by atoms with Crippen LogP contribution in [0.25, 0.3) is 0 Å². The SMILES string of the molecule is CN=C(NCCc1ccc(OC)c(OC)c1)NCc1cc(Br)ccc1F.I. The number of aliphatic imine (C=N–C) groups is 1. The van der Waals surface area contributed by atoms with Crippen LogP contribution >= 0.6 is 39.9 Å². The van der Waals surface area contributed by atoms with Gasteiger partial charge in [0.05, 0.1) is 14.2 Å². The molecular formula is C19H24BrFIN3O2. The molecule has 2 rings (SSSR count). The quantitative estimate of drug-likeness (QED) is 0.309. The summed E-state index contributed by atoms with van der Waals surface area (Å²) in [5, 5.41) is 6.34. The zero-order valence-electron chi connectivity index (χ0n) is 15.5. The highest BCUT2D eigenvalue weighted by Crippen LogP contribution is 2.27. The van der Waals surface area contributed by atoms with Gasteiger partial charge in [-0.1, -0.05) is 22.0 Å². The molecule has 0 atom stereocenters. The summed E-state index contributed by atoms with van der Waals surface area (Å²) in [7, 11) is 4.92. The first-order valence-electron chi connectivity index (χ1n) is 8.16. The number of benzene rings is 2. The van der Waals surface area contributed by atoms with E-state index in [0.29, 0.717) is 36.1 Å². The number of nitrogens with zero attached hydrogens (tertiary/aromatic N) is 1. The highest BCUT2D eigenvalue weighted by atomic mass is 127. The van der Waals surface area contributed by atoms with Gasteiger partial charge in [-0.3, -0.25) is 4.99 Å². The molecule has 2 aromatic rings. The van der Waals surface area contributed by atoms with Crippen LogP contribution in [-0.4, -0.2) is 33.8 Å². The number of hydrogen-bond donors (Lipinski definition) is 2. The van der Waals surface area contributed by atoms with E-state index >= 15 is 0 Å². The molecule has 5 nitrogen and oxygen atoms in total. The predicted molar refractivity (Wildman–Crippen MR) is 121 cm³/mol. The number of halogens is 3. The molecule has 0 amide bonds. The number of methoxy groups -OCH3 is 2. The van der Waals surface area contributed by atoms with Gasteiger partial charge >= 0.3 is 0 Å². The van der Waals surface area contributed by atoms with Gasteiger partial charge in [0, 0.05) is 30.2 Å². The number of guanidine groups is 1. The van der Waals surface area contributed by atoms with Crippen molar-refractivity contribution in [3.63, 3.8) is 0 Å². The zero-order valence-corrected chi connectivity index (χ0v) is 19.4. The summed E-state index contributed by atoms with van der Waals surface area (Å²) >= 11 is 3.35. The normalized spacial score (nSPS) is 10.8. The van der Waals surface area contributed by atoms with E-state index in [-0.39, 0.29) is 29.8 Å². The molecule has 0 aliphatic carbocycles. The molecule has 0 bridgehead atoms. The minimum Gasteiger partial charge on any atom is -0.493 e. The van der Waals surface area contributed by atoms with Gasteiger partial charge < -0.3 is 20.1 Å². The van der Waals surface area contributed by atoms with Gasteiger partial charge in [0.25, 0.3) is 0 Å². The fraction of sp³-hybridized carbons (Fsp3) is 0.316. The maximum atomic E-state index is 13.8. The molecule has 0 aliphatic heterocycles. The molecule has 0 unspecified atom stereocenters. The minimum atomic E-state index is -0.249. The van der Waals surface area contributed by atoms with E-state index in [0.717, 1.165) is 16.5 Å². The standard InChI is InChI=1S/C19H23BrFN3O2.HI/c1-22-19(24-12-14-11-15(20)5-6-16(14)21)23-9-8-13-4-7-17(25-2)18(10-13)26-3;/h4-7,10-11H,8-9,12H2,1-3H3,(H2,22,23,24);1H. The predicted octanol–water partition coefficient (Wildman–Crippen LogP) is 4.13. The molecule has 2 aromatic carbocycles. The fourth-order valence-electron chi connectivity index (χ4n) is 2.44. The van der Waals surface area contributed by atoms with Crippen LogP contribution in [0.5, 0.6) is 11.5 Å². The van der Waals surface area contributed by atoms with E-state index in [4.69, 9.17) is 9.47 Å². The van der Waals surface area contributed by atoms with Gasteiger partial charge in [-0.2, -0.15) is 0 Å². The Bertz CT molecular complexity index is 775. The number of hydrogen-bond acceptors (Lipinski definition) is 3. The Balaban J connectivity index is 0.00000364. The Morgan fingerprint density at radius 2 is 1.81 bits per heavy atom. The van der Waals surface area contributed by atoms with Crippen molar-refractivity contribution in [3.8, 4) is 11.5 Å². The molecule has 8 heteroatoms. The van der Waals surface area contributed by atoms with Crippen molar-refractivity contribution >= 4 is 45.9 Å². The highest BCUT2D eigenvalue weighted by molar-refractivity contribution is 14.0. The van der Waals surface area contributed by atoms with E-state index in [1.165, 1.54) is 6.07 Å². The molecule has 0 saturated heterocycles. The number of ether oxygens (including phenoxy) is 2. The second-order valence-electron chi connectivity index (χ2n) is 5.53. The molecule has 0 spiro atoms. The third kappa shape index (κ3) is 7.17. The van der Waals surface area contributed by atoms with Gasteiger partial charge in [0.1, 0.15) is 5.82 Å². The van der Waals surface area contributed by atoms with E-state index in [1.54, 1.807) is 33.4 Å². The lowest BCUT2D eigenvalue weighted by atomic mass is 10.1. The molecule has 0 aliphatic rings. The van der Waals surface area contributed by atoms with E-state index in [2.05, 4.69) is 31.6 Å². The van der Waals surface area contributed by atoms with Gasteiger partial charge in [-0.15, -0.1) is 24.0 Å². The van der Waals surface area contributed by atoms with Crippen molar-refractivity contribution in [1.82, 2.24) is 10.6 Å². The van der Waals surface area contributed by atoms with Crippen LogP contribution in [-0.2, 0) is 13.0 Å². The Kier molecular flexibility index (Phi) is 10.5. The largest absolute Gasteiger partial charge is 0.493 e. The zero-order chi connectivity index (χ0) is 18.9. The molecular weight excluding hydrogens is 528 g/mol. The summed E-state index contributed by atoms with van der Waals surface area (Å²) in [6, 6.07) is 10.7. The molecule has 27 heavy (non-hydrogen) atoms. The molecule has 0 radical (unpaired) electrons. The third-order valence-corrected chi connectivity index (χ3v) is 4.32. The van der Waals surface area contributed by atoms with Crippen LogP contribution in [0.2, 0.25) is 0 Å². The van der Waals surface area contributed by atoms with Crippen molar-refractivity contribution < 1.29 is 13.9 Å². The van der Waals surface area contributed by atoms with Crippen molar-refractivity contribution in [2.24, 2.45) is 4.99 Å². The Morgan fingerprint density at radius 1 is 1.07 bits per heavy atom. The van der Waals surface area contributed by atoms with E-state index < -0.39 is 0 Å². The molecule has 2 N–H and O–H groups in total. The summed E-state index contributed by atoms with van der Waals surface area (Å²) in [5.41, 5.74) is 1.69. The highest BCUT2D eigenvalue weighted by Gasteiger charge is 2.06. The Labute approximate surface area is 184 Å². The summed E-state index contributed by atoms with van der Waals surface area (Å²) in [6.45, 7) is 1.03. The fourth-order valence-corrected chi connectivity index (χ4v) is 2.85. The lowest BCUT2D eigenvalue weighted by Crippen LogP contribution is -2.38. The van der Waals surface area contributed by atoms with E-state index in [9.17, 15) is 4.39 Å². The van der Waals surface area contributed by atoms with Crippen LogP contribution in [0.1, 0.15) is 11.1 Å². The lowest BCUT2D eigenvalue weighted by Gasteiger charge is -2.13. The van der Waals surface area contributed by atoms with Crippen LogP contribution < -0.4 is 20.1 Å². The Hall–Kier alpha value is -1.55. The lowest BCUT2D eigenvalue weighted by molar-refractivity contribution is 0.354. The number of nitrogens with one attached hydrogen (secondary N) is 2. The van der Waals surface area contributed by atoms with Crippen molar-refractivity contribution in [2.75, 3.05) is 27.8 Å². The van der Waals surface area contributed by atoms with Gasteiger partial charge in [-0.25, -0.2) is 4.39 Å². The average molecular weight is 552 g/mol. The summed E-state index contributed by atoms with van der Waals surface area (Å²) in [6.07, 6.45) is 0.784. The number of rotatable bonds is 7. The van der Waals surface area contributed by atoms with Gasteiger partial charge in [0.15, 0.2) is 17.5 Å². The first kappa shape index (κ1) is 23.5. The van der Waals surface area contributed by atoms with Crippen molar-refractivity contribution in [1.29, 1.82) is 0 Å². The van der Waals surface area contributed by atoms with Crippen LogP contribution in [0.15, 0.2) is 45.9 Å². The average Bonchev–Trinajstić information content (AvgIpc) is 2.66. The second kappa shape index (κ2) is 12.0. The Morgan fingerprint density at radius 3 is 2.48 bits per heavy atom. The first-order chi connectivity index (χ1) is 12.6. The molecule has 0 heterocycles. The first-order valence-corrected chi connectivity index (χ1v) is 8.96. The summed E-state index contributed by atoms with van der Waals surface area (Å²) in [5.74, 6) is 1.78. The maximum absolute atomic E-state index is 13.8. The molecule has 0 fully saturated rings. The third-order valence-electron chi connectivity index (χ3n) is 3.83. The van der Waals surface area contributed by atoms with Crippen LogP contribution in [0.4, 0.5) is 4.39 Å². The molecule has 0 saturated carbocycles. The second-order valence-corrected chi connectivity index (χ2v) is 6.44. The van der Waals surface area contributed by atoms with Crippen molar-refractivity contribution in [2.45, 2.75) is 13.0 Å². The molecule has 0 aromatic heterocycles. The topological polar surface area (TPSA) is 54.9 Å². The molecule has 148 valence electrons. The minimum absolute atomic E-state index is 0. The van der Waals surface area contributed by atoms with Crippen LogP contribution in [0.3, 0.4) is 0 Å². The monoisotopic (exact) mass is 551 g/mol. The van der Waals surface area contributed by atoms with Crippen molar-refractivity contribution in [3.05, 3.63) is 57.8 Å². The summed E-state index contributed by atoms with van der Waals surface area (Å²) in [4.78, 5) is 4.16.